The maximum Gasteiger partial charge on any atom is 0.160 e. The Morgan fingerprint density at radius 1 is 1.08 bits per heavy atom. The molecule has 1 aliphatic rings. The van der Waals surface area contributed by atoms with Gasteiger partial charge in [-0.2, -0.15) is 0 Å². The van der Waals surface area contributed by atoms with E-state index in [2.05, 4.69) is 0 Å². The summed E-state index contributed by atoms with van der Waals surface area (Å²) in [6, 6.07) is 7.97. The topological polar surface area (TPSA) is 17.1 Å². The molecule has 63 valence electrons. The molecule has 1 aromatic carbocycles. The zero-order chi connectivity index (χ0) is 7.68. The van der Waals surface area contributed by atoms with Gasteiger partial charge in [-0.25, -0.2) is 0 Å². The van der Waals surface area contributed by atoms with Gasteiger partial charge < -0.3 is 0 Å². The first-order valence-electron chi connectivity index (χ1n) is 3.65. The van der Waals surface area contributed by atoms with E-state index in [-0.39, 0.29) is 25.3 Å². The molecular formula is C10H8ORh. The van der Waals surface area contributed by atoms with Crippen LogP contribution in [0.15, 0.2) is 30.3 Å². The van der Waals surface area contributed by atoms with Gasteiger partial charge in [-0.3, -0.25) is 4.79 Å². The van der Waals surface area contributed by atoms with Gasteiger partial charge in [-0.15, -0.1) is 0 Å². The molecule has 0 saturated heterocycles. The van der Waals surface area contributed by atoms with E-state index >= 15 is 0 Å². The van der Waals surface area contributed by atoms with Crippen LogP contribution in [0.1, 0.15) is 11.1 Å². The smallest absolute Gasteiger partial charge is 0.160 e. The summed E-state index contributed by atoms with van der Waals surface area (Å²) in [5, 5.41) is 0. The first-order chi connectivity index (χ1) is 5.36. The van der Waals surface area contributed by atoms with E-state index in [4.69, 9.17) is 0 Å². The van der Waals surface area contributed by atoms with Gasteiger partial charge in [0.15, 0.2) is 5.78 Å². The molecule has 0 spiro atoms. The van der Waals surface area contributed by atoms with Gasteiger partial charge in [0.25, 0.3) is 0 Å². The summed E-state index contributed by atoms with van der Waals surface area (Å²) in [4.78, 5) is 10.9. The number of fused-ring (bicyclic) bond motifs is 1. The van der Waals surface area contributed by atoms with E-state index in [0.717, 1.165) is 5.56 Å². The van der Waals surface area contributed by atoms with Crippen molar-refractivity contribution in [2.75, 3.05) is 0 Å². The summed E-state index contributed by atoms with van der Waals surface area (Å²) in [6.07, 6.45) is 4.08. The molecule has 1 aliphatic carbocycles. The molecule has 0 aromatic heterocycles. The fourth-order valence-corrected chi connectivity index (χ4v) is 1.29. The third-order valence-corrected chi connectivity index (χ3v) is 1.87. The fourth-order valence-electron chi connectivity index (χ4n) is 1.29. The number of ketones is 1. The Hall–Kier alpha value is -0.747. The predicted octanol–water partition coefficient (Wildman–Crippen LogP) is 1.82. The Balaban J connectivity index is 0.000000720. The molecule has 1 radical (unpaired) electrons. The SMILES string of the molecule is O=C1C=Cc2ccccc2C1.[Rh]. The van der Waals surface area contributed by atoms with Crippen molar-refractivity contribution in [3.05, 3.63) is 41.5 Å². The first-order valence-corrected chi connectivity index (χ1v) is 3.65. The third-order valence-electron chi connectivity index (χ3n) is 1.87. The van der Waals surface area contributed by atoms with Crippen LogP contribution in [0.5, 0.6) is 0 Å². The van der Waals surface area contributed by atoms with Crippen molar-refractivity contribution in [2.24, 2.45) is 0 Å². The van der Waals surface area contributed by atoms with E-state index in [1.54, 1.807) is 6.08 Å². The number of allylic oxidation sites excluding steroid dienone is 1. The van der Waals surface area contributed by atoms with Crippen LogP contribution in [-0.4, -0.2) is 5.78 Å². The second-order valence-electron chi connectivity index (χ2n) is 2.68. The van der Waals surface area contributed by atoms with Crippen LogP contribution in [0.4, 0.5) is 0 Å². The minimum absolute atomic E-state index is 0. The standard InChI is InChI=1S/C10H8O.Rh/c11-10-6-5-8-3-1-2-4-9(8)7-10;/h1-6H,7H2;. The van der Waals surface area contributed by atoms with Crippen LogP contribution in [0, 0.1) is 0 Å². The predicted molar refractivity (Wildman–Crippen MR) is 44.2 cm³/mol. The minimum atomic E-state index is 0. The molecule has 1 aromatic rings. The summed E-state index contributed by atoms with van der Waals surface area (Å²) < 4.78 is 0. The van der Waals surface area contributed by atoms with Crippen LogP contribution >= 0.6 is 0 Å². The second-order valence-corrected chi connectivity index (χ2v) is 2.68. The van der Waals surface area contributed by atoms with Gasteiger partial charge >= 0.3 is 0 Å². The van der Waals surface area contributed by atoms with Crippen LogP contribution in [-0.2, 0) is 30.7 Å². The normalized spacial score (nSPS) is 13.5. The molecule has 0 amide bonds. The third kappa shape index (κ3) is 1.70. The summed E-state index contributed by atoms with van der Waals surface area (Å²) in [5.74, 6) is 0.198. The molecule has 1 nitrogen and oxygen atoms in total. The largest absolute Gasteiger partial charge is 0.294 e. The van der Waals surface area contributed by atoms with Gasteiger partial charge in [0, 0.05) is 25.9 Å². The average Bonchev–Trinajstić information content (AvgIpc) is 2.04. The van der Waals surface area contributed by atoms with Gasteiger partial charge in [0.1, 0.15) is 0 Å². The first kappa shape index (κ1) is 9.34. The van der Waals surface area contributed by atoms with E-state index < -0.39 is 0 Å². The van der Waals surface area contributed by atoms with Crippen molar-refractivity contribution >= 4 is 11.9 Å². The monoisotopic (exact) mass is 247 g/mol. The van der Waals surface area contributed by atoms with Gasteiger partial charge in [-0.1, -0.05) is 30.3 Å². The van der Waals surface area contributed by atoms with E-state index in [9.17, 15) is 4.79 Å². The number of hydrogen-bond donors (Lipinski definition) is 0. The van der Waals surface area contributed by atoms with Gasteiger partial charge in [0.2, 0.25) is 0 Å². The number of carbonyl (C=O) groups excluding carboxylic acids is 1. The Morgan fingerprint density at radius 3 is 2.67 bits per heavy atom. The number of benzene rings is 1. The van der Waals surface area contributed by atoms with Crippen LogP contribution in [0.3, 0.4) is 0 Å². The van der Waals surface area contributed by atoms with Crippen molar-refractivity contribution in [1.82, 2.24) is 0 Å². The second kappa shape index (κ2) is 3.77. The Labute approximate surface area is 84.2 Å². The molecule has 0 unspecified atom stereocenters. The molecule has 12 heavy (non-hydrogen) atoms. The van der Waals surface area contributed by atoms with Crippen molar-refractivity contribution in [3.63, 3.8) is 0 Å². The van der Waals surface area contributed by atoms with Crippen LogP contribution in [0.25, 0.3) is 6.08 Å². The van der Waals surface area contributed by atoms with Crippen molar-refractivity contribution in [3.8, 4) is 0 Å². The van der Waals surface area contributed by atoms with E-state index in [1.807, 2.05) is 30.3 Å². The van der Waals surface area contributed by atoms with Gasteiger partial charge in [0.05, 0.1) is 0 Å². The van der Waals surface area contributed by atoms with Crippen LogP contribution in [0.2, 0.25) is 0 Å². The van der Waals surface area contributed by atoms with E-state index in [1.165, 1.54) is 5.56 Å². The quantitative estimate of drug-likeness (QED) is 0.639. The molecule has 0 bridgehead atoms. The maximum atomic E-state index is 10.9. The fraction of sp³-hybridized carbons (Fsp3) is 0.100. The molecule has 0 saturated carbocycles. The zero-order valence-electron chi connectivity index (χ0n) is 6.41. The summed E-state index contributed by atoms with van der Waals surface area (Å²) in [5.41, 5.74) is 2.31. The Bertz CT molecular complexity index is 328. The maximum absolute atomic E-state index is 10.9. The molecule has 0 N–H and O–H groups in total. The summed E-state index contributed by atoms with van der Waals surface area (Å²) in [6.45, 7) is 0. The molecule has 0 aliphatic heterocycles. The number of carbonyl (C=O) groups is 1. The molecule has 0 fully saturated rings. The Morgan fingerprint density at radius 2 is 1.83 bits per heavy atom. The zero-order valence-corrected chi connectivity index (χ0v) is 8.05. The van der Waals surface area contributed by atoms with Crippen molar-refractivity contribution in [2.45, 2.75) is 6.42 Å². The van der Waals surface area contributed by atoms with Crippen molar-refractivity contribution in [1.29, 1.82) is 0 Å². The number of hydrogen-bond acceptors (Lipinski definition) is 1. The number of rotatable bonds is 0. The summed E-state index contributed by atoms with van der Waals surface area (Å²) in [7, 11) is 0. The van der Waals surface area contributed by atoms with Crippen molar-refractivity contribution < 1.29 is 24.3 Å². The minimum Gasteiger partial charge on any atom is -0.294 e. The molecule has 2 heteroatoms. The Kier molecular flexibility index (Phi) is 2.94. The van der Waals surface area contributed by atoms with Gasteiger partial charge in [-0.05, 0) is 17.2 Å². The van der Waals surface area contributed by atoms with E-state index in [0.29, 0.717) is 6.42 Å². The molecule has 2 rings (SSSR count). The summed E-state index contributed by atoms with van der Waals surface area (Å²) >= 11 is 0. The molecular weight excluding hydrogens is 239 g/mol. The average molecular weight is 247 g/mol. The van der Waals surface area contributed by atoms with Crippen LogP contribution < -0.4 is 0 Å². The molecule has 0 atom stereocenters. The molecule has 0 heterocycles.